The molecule has 1 aromatic heterocycles. The molecule has 4 nitrogen and oxygen atoms in total. The number of phenolic OH excluding ortho intramolecular Hbond substituents is 1. The highest BCUT2D eigenvalue weighted by Crippen LogP contribution is 2.29. The fourth-order valence-electron chi connectivity index (χ4n) is 1.43. The number of hydrogen-bond acceptors (Lipinski definition) is 3. The second kappa shape index (κ2) is 3.06. The average molecular weight is 191 g/mol. The van der Waals surface area contributed by atoms with E-state index in [-0.39, 0.29) is 11.3 Å². The maximum absolute atomic E-state index is 11.4. The van der Waals surface area contributed by atoms with E-state index in [4.69, 9.17) is 4.74 Å². The minimum atomic E-state index is -0.239. The molecular weight excluding hydrogens is 182 g/mol. The number of aromatic hydroxyl groups is 1. The van der Waals surface area contributed by atoms with Gasteiger partial charge in [0.15, 0.2) is 0 Å². The van der Waals surface area contributed by atoms with E-state index in [1.54, 1.807) is 12.1 Å². The van der Waals surface area contributed by atoms with Crippen LogP contribution in [0.4, 0.5) is 0 Å². The first-order valence-corrected chi connectivity index (χ1v) is 4.11. The Bertz CT molecular complexity index is 530. The summed E-state index contributed by atoms with van der Waals surface area (Å²) in [4.78, 5) is 13.9. The lowest BCUT2D eigenvalue weighted by atomic mass is 10.1. The second-order valence-electron chi connectivity index (χ2n) is 2.89. The van der Waals surface area contributed by atoms with E-state index < -0.39 is 0 Å². The van der Waals surface area contributed by atoms with Crippen molar-refractivity contribution in [2.45, 2.75) is 0 Å². The number of aromatic nitrogens is 1. The van der Waals surface area contributed by atoms with Gasteiger partial charge in [-0.05, 0) is 12.1 Å². The summed E-state index contributed by atoms with van der Waals surface area (Å²) in [5.41, 5.74) is -0.239. The number of fused-ring (bicyclic) bond motifs is 1. The van der Waals surface area contributed by atoms with Crippen molar-refractivity contribution >= 4 is 10.8 Å². The molecule has 1 heterocycles. The van der Waals surface area contributed by atoms with Crippen LogP contribution < -0.4 is 10.3 Å². The molecule has 0 radical (unpaired) electrons. The summed E-state index contributed by atoms with van der Waals surface area (Å²) in [6, 6.07) is 4.77. The van der Waals surface area contributed by atoms with E-state index in [1.165, 1.54) is 19.4 Å². The molecule has 1 aromatic carbocycles. The van der Waals surface area contributed by atoms with Crippen LogP contribution >= 0.6 is 0 Å². The predicted molar refractivity (Wildman–Crippen MR) is 52.8 cm³/mol. The Morgan fingerprint density at radius 3 is 2.93 bits per heavy atom. The van der Waals surface area contributed by atoms with E-state index in [0.29, 0.717) is 16.5 Å². The zero-order chi connectivity index (χ0) is 10.1. The molecule has 14 heavy (non-hydrogen) atoms. The molecule has 0 aliphatic heterocycles. The van der Waals surface area contributed by atoms with Gasteiger partial charge in [0.25, 0.3) is 5.56 Å². The average Bonchev–Trinajstić information content (AvgIpc) is 2.20. The fraction of sp³-hybridized carbons (Fsp3) is 0.100. The van der Waals surface area contributed by atoms with Crippen molar-refractivity contribution in [2.75, 3.05) is 7.11 Å². The van der Waals surface area contributed by atoms with Crippen molar-refractivity contribution in [3.63, 3.8) is 0 Å². The van der Waals surface area contributed by atoms with Crippen LogP contribution in [0.25, 0.3) is 10.8 Å². The van der Waals surface area contributed by atoms with Crippen molar-refractivity contribution in [1.82, 2.24) is 4.98 Å². The number of H-pyrrole nitrogens is 1. The third kappa shape index (κ3) is 1.12. The molecule has 0 amide bonds. The first-order chi connectivity index (χ1) is 6.74. The molecule has 2 aromatic rings. The van der Waals surface area contributed by atoms with Crippen molar-refractivity contribution in [2.24, 2.45) is 0 Å². The Kier molecular flexibility index (Phi) is 1.89. The van der Waals surface area contributed by atoms with Gasteiger partial charge in [-0.3, -0.25) is 4.79 Å². The molecule has 4 heteroatoms. The molecule has 0 unspecified atom stereocenters. The van der Waals surface area contributed by atoms with Crippen molar-refractivity contribution < 1.29 is 9.84 Å². The van der Waals surface area contributed by atoms with Gasteiger partial charge in [-0.1, -0.05) is 6.07 Å². The minimum Gasteiger partial charge on any atom is -0.507 e. The van der Waals surface area contributed by atoms with Gasteiger partial charge in [0.05, 0.1) is 17.9 Å². The summed E-state index contributed by atoms with van der Waals surface area (Å²) < 4.78 is 5.03. The SMILES string of the molecule is COc1c[nH]c(=O)c2cccc(O)c12. The van der Waals surface area contributed by atoms with E-state index in [2.05, 4.69) is 4.98 Å². The number of benzene rings is 1. The number of methoxy groups -OCH3 is 1. The molecule has 0 saturated carbocycles. The Morgan fingerprint density at radius 1 is 1.43 bits per heavy atom. The number of rotatable bonds is 1. The van der Waals surface area contributed by atoms with Gasteiger partial charge < -0.3 is 14.8 Å². The van der Waals surface area contributed by atoms with Crippen LogP contribution in [0.5, 0.6) is 11.5 Å². The highest BCUT2D eigenvalue weighted by molar-refractivity contribution is 5.92. The first-order valence-electron chi connectivity index (χ1n) is 4.11. The Morgan fingerprint density at radius 2 is 2.21 bits per heavy atom. The van der Waals surface area contributed by atoms with Crippen LogP contribution in [0.1, 0.15) is 0 Å². The zero-order valence-electron chi connectivity index (χ0n) is 7.57. The highest BCUT2D eigenvalue weighted by Gasteiger charge is 2.08. The van der Waals surface area contributed by atoms with E-state index in [0.717, 1.165) is 0 Å². The summed E-state index contributed by atoms with van der Waals surface area (Å²) in [5, 5.41) is 10.4. The number of hydrogen-bond donors (Lipinski definition) is 2. The molecule has 0 saturated heterocycles. The van der Waals surface area contributed by atoms with E-state index >= 15 is 0 Å². The number of aromatic amines is 1. The fourth-order valence-corrected chi connectivity index (χ4v) is 1.43. The third-order valence-corrected chi connectivity index (χ3v) is 2.09. The smallest absolute Gasteiger partial charge is 0.256 e. The van der Waals surface area contributed by atoms with Gasteiger partial charge in [-0.2, -0.15) is 0 Å². The van der Waals surface area contributed by atoms with Crippen LogP contribution in [0.2, 0.25) is 0 Å². The molecule has 0 aliphatic carbocycles. The van der Waals surface area contributed by atoms with E-state index in [1.807, 2.05) is 0 Å². The van der Waals surface area contributed by atoms with Gasteiger partial charge in [0.1, 0.15) is 11.5 Å². The Labute approximate surface area is 79.8 Å². The van der Waals surface area contributed by atoms with Crippen molar-refractivity contribution in [3.8, 4) is 11.5 Å². The molecular formula is C10H9NO3. The summed E-state index contributed by atoms with van der Waals surface area (Å²) in [5.74, 6) is 0.503. The molecule has 0 fully saturated rings. The standard InChI is InChI=1S/C10H9NO3/c1-14-8-5-11-10(13)6-3-2-4-7(12)9(6)8/h2-5,12H,1H3,(H,11,13). The Balaban J connectivity index is 3.00. The summed E-state index contributed by atoms with van der Waals surface area (Å²) in [6.07, 6.45) is 1.43. The zero-order valence-corrected chi connectivity index (χ0v) is 7.57. The summed E-state index contributed by atoms with van der Waals surface area (Å²) >= 11 is 0. The quantitative estimate of drug-likeness (QED) is 0.712. The van der Waals surface area contributed by atoms with Gasteiger partial charge in [0.2, 0.25) is 0 Å². The second-order valence-corrected chi connectivity index (χ2v) is 2.89. The normalized spacial score (nSPS) is 10.4. The molecule has 0 bridgehead atoms. The number of phenols is 1. The van der Waals surface area contributed by atoms with Crippen LogP contribution in [-0.2, 0) is 0 Å². The lowest BCUT2D eigenvalue weighted by Gasteiger charge is -2.05. The van der Waals surface area contributed by atoms with E-state index in [9.17, 15) is 9.90 Å². The van der Waals surface area contributed by atoms with Crippen LogP contribution in [0, 0.1) is 0 Å². The van der Waals surface area contributed by atoms with Crippen molar-refractivity contribution in [1.29, 1.82) is 0 Å². The monoisotopic (exact) mass is 191 g/mol. The van der Waals surface area contributed by atoms with Gasteiger partial charge in [0, 0.05) is 6.20 Å². The first kappa shape index (κ1) is 8.62. The molecule has 0 aliphatic rings. The summed E-state index contributed by atoms with van der Waals surface area (Å²) in [6.45, 7) is 0. The largest absolute Gasteiger partial charge is 0.507 e. The molecule has 2 rings (SSSR count). The van der Waals surface area contributed by atoms with Gasteiger partial charge >= 0.3 is 0 Å². The maximum Gasteiger partial charge on any atom is 0.256 e. The highest BCUT2D eigenvalue weighted by atomic mass is 16.5. The molecule has 72 valence electrons. The van der Waals surface area contributed by atoms with Gasteiger partial charge in [-0.15, -0.1) is 0 Å². The molecule has 2 N–H and O–H groups in total. The number of ether oxygens (including phenoxy) is 1. The molecule has 0 atom stereocenters. The van der Waals surface area contributed by atoms with Crippen LogP contribution in [-0.4, -0.2) is 17.2 Å². The lowest BCUT2D eigenvalue weighted by molar-refractivity contribution is 0.414. The van der Waals surface area contributed by atoms with Crippen LogP contribution in [0.15, 0.2) is 29.2 Å². The summed E-state index contributed by atoms with van der Waals surface area (Å²) in [7, 11) is 1.49. The third-order valence-electron chi connectivity index (χ3n) is 2.09. The minimum absolute atomic E-state index is 0.0467. The molecule has 0 spiro atoms. The predicted octanol–water partition coefficient (Wildman–Crippen LogP) is 1.24. The van der Waals surface area contributed by atoms with Gasteiger partial charge in [-0.25, -0.2) is 0 Å². The topological polar surface area (TPSA) is 62.3 Å². The number of nitrogens with one attached hydrogen (secondary N) is 1. The maximum atomic E-state index is 11.4. The number of pyridine rings is 1. The van der Waals surface area contributed by atoms with Crippen molar-refractivity contribution in [3.05, 3.63) is 34.7 Å². The van der Waals surface area contributed by atoms with Crippen LogP contribution in [0.3, 0.4) is 0 Å². The Hall–Kier alpha value is -1.97. The lowest BCUT2D eigenvalue weighted by Crippen LogP contribution is -2.05.